The summed E-state index contributed by atoms with van der Waals surface area (Å²) in [4.78, 5) is 0. The molecule has 126 valence electrons. The standard InChI is InChI=1S/C23H24NP/c1-19(2)18-25(22-10-6-4-7-11-22,23-12-8-5-9-13-23)24-21-16-14-20(3)15-17-21/h4-17H,1,18H2,2-3H3. The second-order valence-corrected chi connectivity index (χ2v) is 9.58. The highest BCUT2D eigenvalue weighted by Gasteiger charge is 2.25. The first kappa shape index (κ1) is 17.5. The van der Waals surface area contributed by atoms with Gasteiger partial charge in [0.15, 0.2) is 0 Å². The SMILES string of the molecule is C=C(C)CP(=Nc1ccc(C)cc1)(c1ccccc1)c1ccccc1. The quantitative estimate of drug-likeness (QED) is 0.394. The third-order valence-electron chi connectivity index (χ3n) is 4.19. The normalized spacial score (nSPS) is 11.1. The third kappa shape index (κ3) is 4.00. The zero-order chi connectivity index (χ0) is 17.7. The highest BCUT2D eigenvalue weighted by molar-refractivity contribution is 7.81. The minimum atomic E-state index is -1.97. The van der Waals surface area contributed by atoms with Gasteiger partial charge in [-0.1, -0.05) is 90.5 Å². The van der Waals surface area contributed by atoms with Crippen molar-refractivity contribution in [3.8, 4) is 0 Å². The fraction of sp³-hybridized carbons (Fsp3) is 0.130. The number of rotatable bonds is 5. The number of allylic oxidation sites excluding steroid dienone is 1. The lowest BCUT2D eigenvalue weighted by Gasteiger charge is -2.26. The zero-order valence-electron chi connectivity index (χ0n) is 14.9. The maximum absolute atomic E-state index is 5.36. The van der Waals surface area contributed by atoms with E-state index in [1.165, 1.54) is 16.2 Å². The summed E-state index contributed by atoms with van der Waals surface area (Å²) in [7, 11) is -1.97. The van der Waals surface area contributed by atoms with Gasteiger partial charge in [0.25, 0.3) is 0 Å². The van der Waals surface area contributed by atoms with Gasteiger partial charge in [-0.3, -0.25) is 4.74 Å². The van der Waals surface area contributed by atoms with Crippen LogP contribution < -0.4 is 10.6 Å². The minimum absolute atomic E-state index is 0.884. The summed E-state index contributed by atoms with van der Waals surface area (Å²) in [6, 6.07) is 29.9. The van der Waals surface area contributed by atoms with E-state index in [2.05, 4.69) is 105 Å². The average molecular weight is 345 g/mol. The van der Waals surface area contributed by atoms with Gasteiger partial charge in [-0.05, 0) is 36.6 Å². The highest BCUT2D eigenvalue weighted by Crippen LogP contribution is 2.51. The molecule has 0 fully saturated rings. The molecule has 0 atom stereocenters. The maximum Gasteiger partial charge on any atom is 0.0621 e. The van der Waals surface area contributed by atoms with Gasteiger partial charge in [0.2, 0.25) is 0 Å². The molecule has 1 nitrogen and oxygen atoms in total. The van der Waals surface area contributed by atoms with E-state index in [0.29, 0.717) is 0 Å². The van der Waals surface area contributed by atoms with Crippen LogP contribution in [0, 0.1) is 6.92 Å². The molecule has 2 heteroatoms. The van der Waals surface area contributed by atoms with Crippen LogP contribution in [0.2, 0.25) is 0 Å². The Labute approximate surface area is 151 Å². The Morgan fingerprint density at radius 2 is 1.28 bits per heavy atom. The Morgan fingerprint density at radius 3 is 1.72 bits per heavy atom. The molecule has 0 N–H and O–H groups in total. The number of hydrogen-bond acceptors (Lipinski definition) is 1. The van der Waals surface area contributed by atoms with Crippen LogP contribution in [-0.2, 0) is 0 Å². The van der Waals surface area contributed by atoms with Crippen LogP contribution in [0.3, 0.4) is 0 Å². The van der Waals surface area contributed by atoms with Gasteiger partial charge in [0, 0.05) is 13.2 Å². The van der Waals surface area contributed by atoms with Crippen LogP contribution in [0.15, 0.2) is 102 Å². The predicted molar refractivity (Wildman–Crippen MR) is 112 cm³/mol. The van der Waals surface area contributed by atoms with Gasteiger partial charge in [0.1, 0.15) is 0 Å². The smallest absolute Gasteiger partial charge is 0.0621 e. The molecule has 3 aromatic rings. The van der Waals surface area contributed by atoms with E-state index in [0.717, 1.165) is 17.4 Å². The Morgan fingerprint density at radius 1 is 0.800 bits per heavy atom. The van der Waals surface area contributed by atoms with Gasteiger partial charge in [-0.2, -0.15) is 0 Å². The van der Waals surface area contributed by atoms with E-state index in [1.807, 2.05) is 0 Å². The van der Waals surface area contributed by atoms with Crippen molar-refractivity contribution in [3.63, 3.8) is 0 Å². The average Bonchev–Trinajstić information content (AvgIpc) is 2.64. The van der Waals surface area contributed by atoms with E-state index >= 15 is 0 Å². The molecule has 0 unspecified atom stereocenters. The lowest BCUT2D eigenvalue weighted by Crippen LogP contribution is -2.19. The molecule has 25 heavy (non-hydrogen) atoms. The first-order chi connectivity index (χ1) is 12.1. The molecule has 0 aromatic heterocycles. The summed E-state index contributed by atoms with van der Waals surface area (Å²) in [5, 5.41) is 2.59. The van der Waals surface area contributed by atoms with Crippen LogP contribution in [0.4, 0.5) is 5.69 Å². The lowest BCUT2D eigenvalue weighted by molar-refractivity contribution is 1.40. The molecule has 3 rings (SSSR count). The van der Waals surface area contributed by atoms with Crippen LogP contribution in [-0.4, -0.2) is 6.16 Å². The molecule has 0 spiro atoms. The van der Waals surface area contributed by atoms with Crippen molar-refractivity contribution in [1.29, 1.82) is 0 Å². The Kier molecular flexibility index (Phi) is 5.36. The molecule has 0 radical (unpaired) electrons. The van der Waals surface area contributed by atoms with Gasteiger partial charge >= 0.3 is 0 Å². The monoisotopic (exact) mass is 345 g/mol. The summed E-state index contributed by atoms with van der Waals surface area (Å²) in [5.74, 6) is 0. The first-order valence-corrected chi connectivity index (χ1v) is 10.5. The van der Waals surface area contributed by atoms with E-state index in [-0.39, 0.29) is 0 Å². The highest BCUT2D eigenvalue weighted by atomic mass is 31.2. The number of benzene rings is 3. The van der Waals surface area contributed by atoms with Gasteiger partial charge in [-0.25, -0.2) is 0 Å². The van der Waals surface area contributed by atoms with Crippen LogP contribution >= 0.6 is 7.05 Å². The van der Waals surface area contributed by atoms with Crippen molar-refractivity contribution < 1.29 is 0 Å². The minimum Gasteiger partial charge on any atom is -0.258 e. The predicted octanol–water partition coefficient (Wildman–Crippen LogP) is 6.05. The van der Waals surface area contributed by atoms with E-state index in [1.54, 1.807) is 0 Å². The van der Waals surface area contributed by atoms with Crippen molar-refractivity contribution in [3.05, 3.63) is 103 Å². The fourth-order valence-corrected chi connectivity index (χ4v) is 6.64. The lowest BCUT2D eigenvalue weighted by atomic mass is 10.2. The molecule has 0 saturated carbocycles. The number of hydrogen-bond donors (Lipinski definition) is 0. The molecule has 0 saturated heterocycles. The van der Waals surface area contributed by atoms with Crippen molar-refractivity contribution in [2.45, 2.75) is 13.8 Å². The zero-order valence-corrected chi connectivity index (χ0v) is 15.8. The number of aryl methyl sites for hydroxylation is 1. The fourth-order valence-electron chi connectivity index (χ4n) is 3.03. The van der Waals surface area contributed by atoms with Gasteiger partial charge in [-0.15, -0.1) is 0 Å². The summed E-state index contributed by atoms with van der Waals surface area (Å²) in [6.07, 6.45) is 0.884. The van der Waals surface area contributed by atoms with E-state index in [9.17, 15) is 0 Å². The molecule has 0 bridgehead atoms. The van der Waals surface area contributed by atoms with Crippen LogP contribution in [0.25, 0.3) is 0 Å². The second kappa shape index (κ2) is 7.68. The van der Waals surface area contributed by atoms with Crippen LogP contribution in [0.5, 0.6) is 0 Å². The summed E-state index contributed by atoms with van der Waals surface area (Å²) in [6.45, 7) is 8.42. The molecule has 0 aliphatic carbocycles. The topological polar surface area (TPSA) is 12.4 Å². The van der Waals surface area contributed by atoms with Gasteiger partial charge in [0.05, 0.1) is 5.69 Å². The van der Waals surface area contributed by atoms with E-state index < -0.39 is 7.05 Å². The second-order valence-electron chi connectivity index (χ2n) is 6.49. The Balaban J connectivity index is 2.32. The first-order valence-electron chi connectivity index (χ1n) is 8.54. The molecule has 0 aliphatic rings. The van der Waals surface area contributed by atoms with Crippen molar-refractivity contribution in [2.24, 2.45) is 4.74 Å². The van der Waals surface area contributed by atoms with Crippen molar-refractivity contribution >= 4 is 23.4 Å². The summed E-state index contributed by atoms with van der Waals surface area (Å²) >= 11 is 0. The molecule has 3 aromatic carbocycles. The van der Waals surface area contributed by atoms with Crippen LogP contribution in [0.1, 0.15) is 12.5 Å². The van der Waals surface area contributed by atoms with Crippen molar-refractivity contribution in [1.82, 2.24) is 0 Å². The molecule has 0 heterocycles. The molecule has 0 amide bonds. The van der Waals surface area contributed by atoms with Gasteiger partial charge < -0.3 is 0 Å². The summed E-state index contributed by atoms with van der Waals surface area (Å²) < 4.78 is 5.36. The maximum atomic E-state index is 5.36. The summed E-state index contributed by atoms with van der Waals surface area (Å²) in [5.41, 5.74) is 3.45. The number of nitrogens with zero attached hydrogens (tertiary/aromatic N) is 1. The third-order valence-corrected chi connectivity index (χ3v) is 8.06. The Hall–Kier alpha value is -2.37. The Bertz CT molecular complexity index is 850. The van der Waals surface area contributed by atoms with E-state index in [4.69, 9.17) is 4.74 Å². The van der Waals surface area contributed by atoms with Crippen molar-refractivity contribution in [2.75, 3.05) is 6.16 Å². The largest absolute Gasteiger partial charge is 0.258 e. The molecular weight excluding hydrogens is 321 g/mol. The molecule has 0 aliphatic heterocycles. The molecular formula is C23H24NP.